The molecule has 424 valence electrons. The minimum atomic E-state index is -0.770. The van der Waals surface area contributed by atoms with Crippen LogP contribution in [-0.4, -0.2) is 37.2 Å². The molecule has 0 spiro atoms. The van der Waals surface area contributed by atoms with Crippen molar-refractivity contribution in [3.8, 4) is 0 Å². The lowest BCUT2D eigenvalue weighted by Crippen LogP contribution is -2.30. The van der Waals surface area contributed by atoms with Crippen LogP contribution < -0.4 is 0 Å². The molecule has 1 atom stereocenters. The van der Waals surface area contributed by atoms with E-state index in [-0.39, 0.29) is 31.1 Å². The number of allylic oxidation sites excluding steroid dienone is 4. The fourth-order valence-corrected chi connectivity index (χ4v) is 9.79. The quantitative estimate of drug-likeness (QED) is 0.0261. The molecule has 0 aromatic heterocycles. The lowest BCUT2D eigenvalue weighted by molar-refractivity contribution is -0.167. The molecule has 0 saturated carbocycles. The number of ether oxygens (including phenoxy) is 3. The summed E-state index contributed by atoms with van der Waals surface area (Å²) in [4.78, 5) is 38.1. The highest BCUT2D eigenvalue weighted by atomic mass is 16.6. The maximum atomic E-state index is 12.8. The molecule has 0 amide bonds. The van der Waals surface area contributed by atoms with Crippen LogP contribution in [0.3, 0.4) is 0 Å². The van der Waals surface area contributed by atoms with Gasteiger partial charge in [-0.2, -0.15) is 0 Å². The molecule has 0 aromatic rings. The van der Waals surface area contributed by atoms with E-state index in [0.29, 0.717) is 19.3 Å². The molecule has 0 N–H and O–H groups in total. The lowest BCUT2D eigenvalue weighted by atomic mass is 10.0. The maximum absolute atomic E-state index is 12.8. The van der Waals surface area contributed by atoms with Gasteiger partial charge in [0.2, 0.25) is 0 Å². The molecule has 0 heterocycles. The summed E-state index contributed by atoms with van der Waals surface area (Å²) in [7, 11) is 0. The Morgan fingerprint density at radius 3 is 0.694 bits per heavy atom. The average molecular weight is 1010 g/mol. The highest BCUT2D eigenvalue weighted by Gasteiger charge is 2.19. The predicted octanol–water partition coefficient (Wildman–Crippen LogP) is 21.8. The molecule has 0 aliphatic carbocycles. The summed E-state index contributed by atoms with van der Waals surface area (Å²) in [5, 5.41) is 0. The Kier molecular flexibility index (Phi) is 59.6. The van der Waals surface area contributed by atoms with Crippen molar-refractivity contribution in [2.24, 2.45) is 0 Å². The summed E-state index contributed by atoms with van der Waals surface area (Å²) in [5.41, 5.74) is 0. The van der Waals surface area contributed by atoms with Crippen molar-refractivity contribution in [2.45, 2.75) is 367 Å². The number of hydrogen-bond acceptors (Lipinski definition) is 6. The zero-order chi connectivity index (χ0) is 52.2. The molecule has 0 fully saturated rings. The molecule has 0 aliphatic heterocycles. The van der Waals surface area contributed by atoms with Crippen molar-refractivity contribution in [1.82, 2.24) is 0 Å². The van der Waals surface area contributed by atoms with Crippen LogP contribution in [0.4, 0.5) is 0 Å². The van der Waals surface area contributed by atoms with Crippen LogP contribution in [0.15, 0.2) is 24.3 Å². The zero-order valence-electron chi connectivity index (χ0n) is 48.7. The number of carbonyl (C=O) groups is 3. The van der Waals surface area contributed by atoms with E-state index in [1.807, 2.05) is 0 Å². The Morgan fingerprint density at radius 1 is 0.264 bits per heavy atom. The first kappa shape index (κ1) is 69.9. The molecular weight excluding hydrogens is 889 g/mol. The second-order valence-electron chi connectivity index (χ2n) is 22.0. The van der Waals surface area contributed by atoms with E-state index < -0.39 is 6.10 Å². The van der Waals surface area contributed by atoms with E-state index in [2.05, 4.69) is 45.1 Å². The molecule has 6 heteroatoms. The summed E-state index contributed by atoms with van der Waals surface area (Å²) in [6, 6.07) is 0. The normalized spacial score (nSPS) is 12.1. The minimum absolute atomic E-state index is 0.0692. The van der Waals surface area contributed by atoms with Gasteiger partial charge >= 0.3 is 17.9 Å². The average Bonchev–Trinajstić information content (AvgIpc) is 3.38. The summed E-state index contributed by atoms with van der Waals surface area (Å²) in [6.45, 7) is 6.67. The number of rotatable bonds is 60. The van der Waals surface area contributed by atoms with Gasteiger partial charge in [0.05, 0.1) is 0 Å². The summed E-state index contributed by atoms with van der Waals surface area (Å²) < 4.78 is 16.9. The minimum Gasteiger partial charge on any atom is -0.462 e. The molecule has 1 unspecified atom stereocenters. The zero-order valence-corrected chi connectivity index (χ0v) is 48.7. The van der Waals surface area contributed by atoms with Gasteiger partial charge in [0, 0.05) is 19.3 Å². The standard InChI is InChI=1S/C66H124O6/c1-4-7-10-13-16-19-22-24-26-27-28-29-30-31-32-33-34-35-36-37-38-39-41-42-44-47-50-53-56-59-65(68)71-62-63(61-70-64(67)58-55-52-49-46-21-18-15-12-9-6-3)72-66(69)60-57-54-51-48-45-43-40-25-23-20-17-14-11-8-5-2/h25,27-28,40,63H,4-24,26,29-39,41-62H2,1-3H3/b28-27-,40-25-. The van der Waals surface area contributed by atoms with Crippen LogP contribution in [0.1, 0.15) is 361 Å². The molecule has 0 saturated heterocycles. The van der Waals surface area contributed by atoms with E-state index in [1.165, 1.54) is 257 Å². The summed E-state index contributed by atoms with van der Waals surface area (Å²) >= 11 is 0. The Hall–Kier alpha value is -2.11. The Balaban J connectivity index is 4.09. The highest BCUT2D eigenvalue weighted by molar-refractivity contribution is 5.71. The van der Waals surface area contributed by atoms with Gasteiger partial charge in [0.1, 0.15) is 13.2 Å². The van der Waals surface area contributed by atoms with Crippen LogP contribution in [0, 0.1) is 0 Å². The molecule has 0 bridgehead atoms. The van der Waals surface area contributed by atoms with Gasteiger partial charge in [0.15, 0.2) is 6.10 Å². The van der Waals surface area contributed by atoms with E-state index >= 15 is 0 Å². The molecule has 6 nitrogen and oxygen atoms in total. The smallest absolute Gasteiger partial charge is 0.306 e. The monoisotopic (exact) mass is 1010 g/mol. The van der Waals surface area contributed by atoms with Crippen LogP contribution in [0.2, 0.25) is 0 Å². The van der Waals surface area contributed by atoms with Crippen molar-refractivity contribution in [3.05, 3.63) is 24.3 Å². The molecule has 0 radical (unpaired) electrons. The molecule has 0 rings (SSSR count). The Morgan fingerprint density at radius 2 is 0.458 bits per heavy atom. The SMILES string of the molecule is CCCCCCCC/C=C\CCCCCCCC(=O)OC(COC(=O)CCCCCCCCCCCC)COC(=O)CCCCCCCCCCCCCCCCCCC/C=C\CCCCCCCCCC. The molecular formula is C66H124O6. The third-order valence-electron chi connectivity index (χ3n) is 14.7. The fourth-order valence-electron chi connectivity index (χ4n) is 9.79. The molecule has 72 heavy (non-hydrogen) atoms. The topological polar surface area (TPSA) is 78.9 Å². The van der Waals surface area contributed by atoms with Crippen LogP contribution in [-0.2, 0) is 28.6 Å². The summed E-state index contributed by atoms with van der Waals surface area (Å²) in [6.07, 6.45) is 73.5. The van der Waals surface area contributed by atoms with Gasteiger partial charge in [0.25, 0.3) is 0 Å². The molecule has 0 aliphatic rings. The fraction of sp³-hybridized carbons (Fsp3) is 0.894. The van der Waals surface area contributed by atoms with Gasteiger partial charge < -0.3 is 14.2 Å². The lowest BCUT2D eigenvalue weighted by Gasteiger charge is -2.18. The number of esters is 3. The number of hydrogen-bond donors (Lipinski definition) is 0. The second kappa shape index (κ2) is 61.4. The van der Waals surface area contributed by atoms with Crippen molar-refractivity contribution < 1.29 is 28.6 Å². The maximum Gasteiger partial charge on any atom is 0.306 e. The number of unbranched alkanes of at least 4 members (excludes halogenated alkanes) is 45. The van der Waals surface area contributed by atoms with E-state index in [1.54, 1.807) is 0 Å². The number of carbonyl (C=O) groups excluding carboxylic acids is 3. The first-order valence-corrected chi connectivity index (χ1v) is 32.3. The summed E-state index contributed by atoms with van der Waals surface area (Å²) in [5.74, 6) is -0.856. The second-order valence-corrected chi connectivity index (χ2v) is 22.0. The van der Waals surface area contributed by atoms with Crippen molar-refractivity contribution >= 4 is 17.9 Å². The van der Waals surface area contributed by atoms with Gasteiger partial charge in [-0.3, -0.25) is 14.4 Å². The van der Waals surface area contributed by atoms with E-state index in [0.717, 1.165) is 64.2 Å². The first-order chi connectivity index (χ1) is 35.5. The van der Waals surface area contributed by atoms with Crippen molar-refractivity contribution in [3.63, 3.8) is 0 Å². The van der Waals surface area contributed by atoms with Gasteiger partial charge in [-0.05, 0) is 70.6 Å². The first-order valence-electron chi connectivity index (χ1n) is 32.3. The Labute approximate surface area is 449 Å². The third-order valence-corrected chi connectivity index (χ3v) is 14.7. The largest absolute Gasteiger partial charge is 0.462 e. The molecule has 0 aromatic carbocycles. The van der Waals surface area contributed by atoms with Crippen molar-refractivity contribution in [2.75, 3.05) is 13.2 Å². The predicted molar refractivity (Wildman–Crippen MR) is 312 cm³/mol. The van der Waals surface area contributed by atoms with E-state index in [4.69, 9.17) is 14.2 Å². The van der Waals surface area contributed by atoms with Crippen LogP contribution in [0.25, 0.3) is 0 Å². The third kappa shape index (κ3) is 58.8. The van der Waals surface area contributed by atoms with Gasteiger partial charge in [-0.15, -0.1) is 0 Å². The van der Waals surface area contributed by atoms with Gasteiger partial charge in [-0.1, -0.05) is 295 Å². The van der Waals surface area contributed by atoms with Crippen LogP contribution in [0.5, 0.6) is 0 Å². The van der Waals surface area contributed by atoms with Crippen LogP contribution >= 0.6 is 0 Å². The van der Waals surface area contributed by atoms with E-state index in [9.17, 15) is 14.4 Å². The highest BCUT2D eigenvalue weighted by Crippen LogP contribution is 2.18. The van der Waals surface area contributed by atoms with Crippen molar-refractivity contribution in [1.29, 1.82) is 0 Å². The Bertz CT molecular complexity index is 1160. The van der Waals surface area contributed by atoms with Gasteiger partial charge in [-0.25, -0.2) is 0 Å².